The Kier molecular flexibility index (Phi) is 2.86. The molecule has 1 aromatic carbocycles. The third kappa shape index (κ3) is 2.40. The molecule has 5 nitrogen and oxygen atoms in total. The van der Waals surface area contributed by atoms with Gasteiger partial charge in [-0.3, -0.25) is 0 Å². The number of hydrogen-bond acceptors (Lipinski definition) is 5. The van der Waals surface area contributed by atoms with Crippen LogP contribution in [0.3, 0.4) is 0 Å². The molecule has 0 saturated heterocycles. The predicted octanol–water partition coefficient (Wildman–Crippen LogP) is 3.21. The van der Waals surface area contributed by atoms with Gasteiger partial charge in [0.25, 0.3) is 5.89 Å². The van der Waals surface area contributed by atoms with Crippen LogP contribution in [0, 0.1) is 0 Å². The molecule has 19 heavy (non-hydrogen) atoms. The molecule has 0 saturated carbocycles. The smallest absolute Gasteiger partial charge is 0.261 e. The normalized spacial score (nSPS) is 11.2. The summed E-state index contributed by atoms with van der Waals surface area (Å²) in [7, 11) is 0. The summed E-state index contributed by atoms with van der Waals surface area (Å²) in [5.41, 5.74) is 0.507. The van der Waals surface area contributed by atoms with Crippen LogP contribution >= 0.6 is 0 Å². The number of hydrogen-bond donors (Lipinski definition) is 1. The molecule has 2 aromatic heterocycles. The summed E-state index contributed by atoms with van der Waals surface area (Å²) in [6.45, 7) is 0. The number of aromatic nitrogens is 2. The fraction of sp³-hybridized carbons (Fsp3) is 0. The molecule has 0 aliphatic heterocycles. The van der Waals surface area contributed by atoms with E-state index < -0.39 is 0 Å². The maximum Gasteiger partial charge on any atom is 0.261 e. The zero-order valence-corrected chi connectivity index (χ0v) is 9.85. The minimum Gasteiger partial charge on any atom is -0.507 e. The first-order valence-electron chi connectivity index (χ1n) is 5.66. The van der Waals surface area contributed by atoms with Crippen molar-refractivity contribution in [3.8, 4) is 17.2 Å². The van der Waals surface area contributed by atoms with E-state index in [4.69, 9.17) is 8.94 Å². The van der Waals surface area contributed by atoms with Crippen LogP contribution in [0.5, 0.6) is 5.75 Å². The van der Waals surface area contributed by atoms with E-state index in [1.54, 1.807) is 48.7 Å². The minimum absolute atomic E-state index is 0.104. The highest BCUT2D eigenvalue weighted by molar-refractivity contribution is 5.66. The van der Waals surface area contributed by atoms with Gasteiger partial charge in [0, 0.05) is 0 Å². The highest BCUT2D eigenvalue weighted by Crippen LogP contribution is 2.27. The topological polar surface area (TPSA) is 72.3 Å². The summed E-state index contributed by atoms with van der Waals surface area (Å²) in [5, 5.41) is 13.5. The van der Waals surface area contributed by atoms with Gasteiger partial charge in [-0.25, -0.2) is 0 Å². The van der Waals surface area contributed by atoms with Gasteiger partial charge in [-0.15, -0.1) is 0 Å². The number of aromatic hydroxyl groups is 1. The molecule has 0 atom stereocenters. The molecule has 0 aliphatic carbocycles. The van der Waals surface area contributed by atoms with Crippen molar-refractivity contribution in [2.45, 2.75) is 0 Å². The standard InChI is InChI=1S/C14H10N2O3/c17-12-6-2-1-5-11(12)14-15-13(16-19-14)8-7-10-4-3-9-18-10/h1-9,17H. The van der Waals surface area contributed by atoms with Crippen molar-refractivity contribution in [2.75, 3.05) is 0 Å². The van der Waals surface area contributed by atoms with Crippen LogP contribution in [0.1, 0.15) is 11.6 Å². The molecule has 0 aliphatic rings. The van der Waals surface area contributed by atoms with Crippen LogP contribution in [0.2, 0.25) is 0 Å². The summed E-state index contributed by atoms with van der Waals surface area (Å²) in [6, 6.07) is 10.4. The van der Waals surface area contributed by atoms with E-state index >= 15 is 0 Å². The van der Waals surface area contributed by atoms with Crippen LogP contribution in [-0.4, -0.2) is 15.2 Å². The summed E-state index contributed by atoms with van der Waals surface area (Å²) < 4.78 is 10.3. The van der Waals surface area contributed by atoms with E-state index in [0.29, 0.717) is 17.1 Å². The molecule has 5 heteroatoms. The summed E-state index contributed by atoms with van der Waals surface area (Å²) >= 11 is 0. The maximum absolute atomic E-state index is 9.69. The predicted molar refractivity (Wildman–Crippen MR) is 69.0 cm³/mol. The molecule has 0 bridgehead atoms. The van der Waals surface area contributed by atoms with E-state index in [9.17, 15) is 5.11 Å². The Balaban J connectivity index is 1.86. The van der Waals surface area contributed by atoms with Crippen molar-refractivity contribution < 1.29 is 14.0 Å². The second-order valence-corrected chi connectivity index (χ2v) is 3.82. The first-order valence-corrected chi connectivity index (χ1v) is 5.66. The largest absolute Gasteiger partial charge is 0.507 e. The van der Waals surface area contributed by atoms with Crippen LogP contribution in [0.4, 0.5) is 0 Å². The van der Waals surface area contributed by atoms with Gasteiger partial charge in [0.05, 0.1) is 11.8 Å². The average molecular weight is 254 g/mol. The van der Waals surface area contributed by atoms with Crippen LogP contribution < -0.4 is 0 Å². The van der Waals surface area contributed by atoms with Crippen LogP contribution in [0.25, 0.3) is 23.6 Å². The van der Waals surface area contributed by atoms with Crippen molar-refractivity contribution in [2.24, 2.45) is 0 Å². The fourth-order valence-corrected chi connectivity index (χ4v) is 1.61. The van der Waals surface area contributed by atoms with Gasteiger partial charge in [-0.1, -0.05) is 17.3 Å². The molecule has 0 radical (unpaired) electrons. The molecular weight excluding hydrogens is 244 g/mol. The molecular formula is C14H10N2O3. The van der Waals surface area contributed by atoms with E-state index in [-0.39, 0.29) is 11.6 Å². The average Bonchev–Trinajstić information content (AvgIpc) is 3.08. The fourth-order valence-electron chi connectivity index (χ4n) is 1.61. The second kappa shape index (κ2) is 4.81. The molecule has 2 heterocycles. The number of rotatable bonds is 3. The Morgan fingerprint density at radius 3 is 2.74 bits per heavy atom. The van der Waals surface area contributed by atoms with Gasteiger partial charge in [0.1, 0.15) is 11.5 Å². The summed E-state index contributed by atoms with van der Waals surface area (Å²) in [6.07, 6.45) is 4.99. The highest BCUT2D eigenvalue weighted by Gasteiger charge is 2.10. The van der Waals surface area contributed by atoms with E-state index in [1.165, 1.54) is 0 Å². The number of benzene rings is 1. The van der Waals surface area contributed by atoms with Crippen molar-refractivity contribution >= 4 is 12.2 Å². The Hall–Kier alpha value is -2.82. The van der Waals surface area contributed by atoms with Crippen molar-refractivity contribution in [3.05, 3.63) is 54.2 Å². The number of nitrogens with zero attached hydrogens (tertiary/aromatic N) is 2. The summed E-state index contributed by atoms with van der Waals surface area (Å²) in [5.74, 6) is 1.49. The van der Waals surface area contributed by atoms with Gasteiger partial charge < -0.3 is 14.0 Å². The molecule has 1 N–H and O–H groups in total. The molecule has 3 rings (SSSR count). The third-order valence-corrected chi connectivity index (χ3v) is 2.52. The lowest BCUT2D eigenvalue weighted by molar-refractivity contribution is 0.423. The maximum atomic E-state index is 9.69. The van der Waals surface area contributed by atoms with Gasteiger partial charge >= 0.3 is 0 Å². The van der Waals surface area contributed by atoms with E-state index in [0.717, 1.165) is 0 Å². The monoisotopic (exact) mass is 254 g/mol. The number of furan rings is 1. The molecule has 94 valence electrons. The van der Waals surface area contributed by atoms with E-state index in [2.05, 4.69) is 10.1 Å². The molecule has 0 unspecified atom stereocenters. The first kappa shape index (κ1) is 11.3. The van der Waals surface area contributed by atoms with Crippen molar-refractivity contribution in [3.63, 3.8) is 0 Å². The zero-order chi connectivity index (χ0) is 13.1. The highest BCUT2D eigenvalue weighted by atomic mass is 16.5. The Morgan fingerprint density at radius 1 is 1.05 bits per heavy atom. The van der Waals surface area contributed by atoms with Gasteiger partial charge in [0.2, 0.25) is 0 Å². The number of phenols is 1. The van der Waals surface area contributed by atoms with Crippen LogP contribution in [-0.2, 0) is 0 Å². The molecule has 0 fully saturated rings. The molecule has 0 amide bonds. The quantitative estimate of drug-likeness (QED) is 0.777. The zero-order valence-electron chi connectivity index (χ0n) is 9.85. The lowest BCUT2D eigenvalue weighted by Crippen LogP contribution is -1.79. The molecule has 3 aromatic rings. The number of phenolic OH excluding ortho intramolecular Hbond substituents is 1. The second-order valence-electron chi connectivity index (χ2n) is 3.82. The molecule has 0 spiro atoms. The SMILES string of the molecule is Oc1ccccc1-c1nc(C=Cc2ccco2)no1. The lowest BCUT2D eigenvalue weighted by atomic mass is 10.2. The van der Waals surface area contributed by atoms with Crippen molar-refractivity contribution in [1.82, 2.24) is 10.1 Å². The van der Waals surface area contributed by atoms with Crippen LogP contribution in [0.15, 0.2) is 51.6 Å². The van der Waals surface area contributed by atoms with Gasteiger partial charge in [0.15, 0.2) is 5.82 Å². The third-order valence-electron chi connectivity index (χ3n) is 2.52. The number of para-hydroxylation sites is 1. The van der Waals surface area contributed by atoms with E-state index in [1.807, 2.05) is 6.07 Å². The Morgan fingerprint density at radius 2 is 1.95 bits per heavy atom. The summed E-state index contributed by atoms with van der Waals surface area (Å²) in [4.78, 5) is 4.17. The van der Waals surface area contributed by atoms with Gasteiger partial charge in [-0.2, -0.15) is 4.98 Å². The first-order chi connectivity index (χ1) is 9.33. The van der Waals surface area contributed by atoms with Crippen molar-refractivity contribution in [1.29, 1.82) is 0 Å². The van der Waals surface area contributed by atoms with Gasteiger partial charge in [-0.05, 0) is 36.4 Å². The lowest BCUT2D eigenvalue weighted by Gasteiger charge is -1.96. The Labute approximate surface area is 108 Å². The Bertz CT molecular complexity index is 699. The minimum atomic E-state index is 0.104.